The summed E-state index contributed by atoms with van der Waals surface area (Å²) in [5, 5.41) is 0. The van der Waals surface area contributed by atoms with Gasteiger partial charge in [-0.25, -0.2) is 0 Å². The van der Waals surface area contributed by atoms with Crippen LogP contribution in [0.15, 0.2) is 23.3 Å². The molecule has 0 aliphatic heterocycles. The summed E-state index contributed by atoms with van der Waals surface area (Å²) < 4.78 is 0. The molecule has 0 aromatic carbocycles. The standard InChI is InChI=1S/C20H24O3/c1-11(2)12-7-8-20-10-14-13(17(21)5-6-18(14)22)9-16(20)19(23)4-3-15(12)20/h5-6,11-12,15-16H,3-4,7-10H2,1-2H3. The molecule has 4 aliphatic carbocycles. The number of carbonyl (C=O) groups excluding carboxylic acids is 3. The van der Waals surface area contributed by atoms with Gasteiger partial charge in [0.25, 0.3) is 0 Å². The Morgan fingerprint density at radius 3 is 2.43 bits per heavy atom. The van der Waals surface area contributed by atoms with E-state index >= 15 is 0 Å². The van der Waals surface area contributed by atoms with E-state index in [2.05, 4.69) is 13.8 Å². The van der Waals surface area contributed by atoms with E-state index in [4.69, 9.17) is 0 Å². The van der Waals surface area contributed by atoms with Crippen LogP contribution < -0.4 is 0 Å². The van der Waals surface area contributed by atoms with Gasteiger partial charge >= 0.3 is 0 Å². The van der Waals surface area contributed by atoms with Crippen molar-refractivity contribution in [1.29, 1.82) is 0 Å². The molecule has 0 N–H and O–H groups in total. The van der Waals surface area contributed by atoms with Crippen molar-refractivity contribution in [2.45, 2.75) is 52.4 Å². The van der Waals surface area contributed by atoms with Crippen LogP contribution in [0.2, 0.25) is 0 Å². The number of Topliss-reactive ketones (excluding diaryl/α,β-unsaturated/α-hetero) is 1. The molecule has 2 fully saturated rings. The van der Waals surface area contributed by atoms with Crippen molar-refractivity contribution in [3.8, 4) is 0 Å². The maximum atomic E-state index is 12.7. The summed E-state index contributed by atoms with van der Waals surface area (Å²) in [7, 11) is 0. The Bertz CT molecular complexity index is 666. The summed E-state index contributed by atoms with van der Waals surface area (Å²) in [4.78, 5) is 37.2. The average molecular weight is 312 g/mol. The summed E-state index contributed by atoms with van der Waals surface area (Å²) in [6.45, 7) is 4.56. The molecule has 0 radical (unpaired) electrons. The molecular formula is C20H24O3. The first-order chi connectivity index (χ1) is 10.9. The van der Waals surface area contributed by atoms with Crippen molar-refractivity contribution in [3.05, 3.63) is 23.3 Å². The van der Waals surface area contributed by atoms with Gasteiger partial charge in [0, 0.05) is 23.5 Å². The van der Waals surface area contributed by atoms with E-state index in [9.17, 15) is 14.4 Å². The van der Waals surface area contributed by atoms with Crippen LogP contribution in [-0.2, 0) is 14.4 Å². The zero-order chi connectivity index (χ0) is 16.4. The van der Waals surface area contributed by atoms with Gasteiger partial charge in [-0.1, -0.05) is 13.8 Å². The molecule has 3 heteroatoms. The van der Waals surface area contributed by atoms with Gasteiger partial charge in [0.1, 0.15) is 5.78 Å². The molecule has 4 aliphatic rings. The number of hydrogen-bond donors (Lipinski definition) is 0. The highest BCUT2D eigenvalue weighted by molar-refractivity contribution is 6.20. The Balaban J connectivity index is 1.79. The van der Waals surface area contributed by atoms with Gasteiger partial charge in [-0.05, 0) is 67.4 Å². The lowest BCUT2D eigenvalue weighted by molar-refractivity contribution is -0.135. The molecule has 0 saturated heterocycles. The van der Waals surface area contributed by atoms with E-state index in [0.29, 0.717) is 48.4 Å². The van der Waals surface area contributed by atoms with E-state index in [-0.39, 0.29) is 22.9 Å². The quantitative estimate of drug-likeness (QED) is 0.697. The average Bonchev–Trinajstić information content (AvgIpc) is 2.89. The van der Waals surface area contributed by atoms with Gasteiger partial charge < -0.3 is 0 Å². The van der Waals surface area contributed by atoms with Crippen molar-refractivity contribution >= 4 is 17.3 Å². The first-order valence-electron chi connectivity index (χ1n) is 8.95. The van der Waals surface area contributed by atoms with Crippen LogP contribution in [0.5, 0.6) is 0 Å². The third-order valence-corrected chi connectivity index (χ3v) is 7.10. The molecule has 23 heavy (non-hydrogen) atoms. The van der Waals surface area contributed by atoms with Crippen LogP contribution in [0, 0.1) is 29.1 Å². The van der Waals surface area contributed by atoms with Gasteiger partial charge in [0.15, 0.2) is 11.6 Å². The van der Waals surface area contributed by atoms with Crippen molar-refractivity contribution in [1.82, 2.24) is 0 Å². The summed E-state index contributed by atoms with van der Waals surface area (Å²) in [5.41, 5.74) is 1.30. The van der Waals surface area contributed by atoms with Crippen molar-refractivity contribution in [2.24, 2.45) is 29.1 Å². The topological polar surface area (TPSA) is 51.2 Å². The Kier molecular flexibility index (Phi) is 3.26. The van der Waals surface area contributed by atoms with Gasteiger partial charge in [-0.3, -0.25) is 14.4 Å². The van der Waals surface area contributed by atoms with Crippen LogP contribution in [-0.4, -0.2) is 17.3 Å². The number of rotatable bonds is 1. The number of allylic oxidation sites excluding steroid dienone is 4. The Morgan fingerprint density at radius 2 is 1.74 bits per heavy atom. The number of carbonyl (C=O) groups is 3. The molecule has 2 saturated carbocycles. The second-order valence-corrected chi connectivity index (χ2v) is 8.24. The minimum Gasteiger partial charge on any atom is -0.299 e. The highest BCUT2D eigenvalue weighted by Crippen LogP contribution is 2.64. The fraction of sp³-hybridized carbons (Fsp3) is 0.650. The van der Waals surface area contributed by atoms with Gasteiger partial charge in [-0.15, -0.1) is 0 Å². The number of hydrogen-bond acceptors (Lipinski definition) is 3. The molecule has 0 heterocycles. The van der Waals surface area contributed by atoms with Crippen molar-refractivity contribution in [2.75, 3.05) is 0 Å². The molecular weight excluding hydrogens is 288 g/mol. The number of ketones is 3. The smallest absolute Gasteiger partial charge is 0.182 e. The highest BCUT2D eigenvalue weighted by atomic mass is 16.1. The van der Waals surface area contributed by atoms with E-state index in [1.54, 1.807) is 0 Å². The molecule has 4 atom stereocenters. The van der Waals surface area contributed by atoms with E-state index in [0.717, 1.165) is 24.8 Å². The van der Waals surface area contributed by atoms with Crippen LogP contribution in [0.25, 0.3) is 0 Å². The maximum absolute atomic E-state index is 12.7. The van der Waals surface area contributed by atoms with E-state index < -0.39 is 0 Å². The molecule has 1 spiro atoms. The summed E-state index contributed by atoms with van der Waals surface area (Å²) in [6.07, 6.45) is 7.79. The predicted octanol–water partition coefficient (Wildman–Crippen LogP) is 3.43. The summed E-state index contributed by atoms with van der Waals surface area (Å²) in [6, 6.07) is 0. The summed E-state index contributed by atoms with van der Waals surface area (Å²) >= 11 is 0. The Hall–Kier alpha value is -1.51. The Labute approximate surface area is 137 Å². The molecule has 0 bridgehead atoms. The van der Waals surface area contributed by atoms with Gasteiger partial charge in [-0.2, -0.15) is 0 Å². The fourth-order valence-electron chi connectivity index (χ4n) is 6.03. The Morgan fingerprint density at radius 1 is 1.04 bits per heavy atom. The normalized spacial score (nSPS) is 39.6. The van der Waals surface area contributed by atoms with E-state index in [1.165, 1.54) is 12.2 Å². The minimum atomic E-state index is -0.0530. The predicted molar refractivity (Wildman–Crippen MR) is 86.6 cm³/mol. The molecule has 4 unspecified atom stereocenters. The first-order valence-corrected chi connectivity index (χ1v) is 8.95. The van der Waals surface area contributed by atoms with Gasteiger partial charge in [0.2, 0.25) is 0 Å². The second kappa shape index (κ2) is 4.99. The largest absolute Gasteiger partial charge is 0.299 e. The van der Waals surface area contributed by atoms with Crippen molar-refractivity contribution < 1.29 is 14.4 Å². The third-order valence-electron chi connectivity index (χ3n) is 7.10. The molecule has 4 rings (SSSR count). The highest BCUT2D eigenvalue weighted by Gasteiger charge is 2.59. The monoisotopic (exact) mass is 312 g/mol. The van der Waals surface area contributed by atoms with Crippen LogP contribution in [0.4, 0.5) is 0 Å². The lowest BCUT2D eigenvalue weighted by Crippen LogP contribution is -2.48. The lowest BCUT2D eigenvalue weighted by Gasteiger charge is -2.50. The van der Waals surface area contributed by atoms with E-state index in [1.807, 2.05) is 0 Å². The van der Waals surface area contributed by atoms with Crippen LogP contribution in [0.1, 0.15) is 52.4 Å². The zero-order valence-corrected chi connectivity index (χ0v) is 13.9. The first kappa shape index (κ1) is 15.0. The zero-order valence-electron chi connectivity index (χ0n) is 13.9. The van der Waals surface area contributed by atoms with Crippen LogP contribution >= 0.6 is 0 Å². The van der Waals surface area contributed by atoms with Gasteiger partial charge in [0.05, 0.1) is 0 Å². The fourth-order valence-corrected chi connectivity index (χ4v) is 6.03. The molecule has 122 valence electrons. The van der Waals surface area contributed by atoms with Crippen LogP contribution in [0.3, 0.4) is 0 Å². The lowest BCUT2D eigenvalue weighted by atomic mass is 9.52. The molecule has 3 nitrogen and oxygen atoms in total. The molecule has 0 aromatic rings. The summed E-state index contributed by atoms with van der Waals surface area (Å²) in [5.74, 6) is 2.04. The third kappa shape index (κ3) is 1.98. The molecule has 0 amide bonds. The maximum Gasteiger partial charge on any atom is 0.182 e. The van der Waals surface area contributed by atoms with Crippen molar-refractivity contribution in [3.63, 3.8) is 0 Å². The SMILES string of the molecule is CC(C)C1CCC23CC4=C(CC2C(=O)CCC13)C(=O)C=CC4=O. The minimum absolute atomic E-state index is 0.00260. The second-order valence-electron chi connectivity index (χ2n) is 8.24. The molecule has 0 aromatic heterocycles.